The molecule has 0 fully saturated rings. The van der Waals surface area contributed by atoms with Gasteiger partial charge in [-0.1, -0.05) is 25.5 Å². The third kappa shape index (κ3) is 3.03. The first-order valence-corrected chi connectivity index (χ1v) is 5.21. The molecular weight excluding hydrogens is 222 g/mol. The molecule has 0 amide bonds. The van der Waals surface area contributed by atoms with E-state index in [1.807, 2.05) is 6.92 Å². The van der Waals surface area contributed by atoms with Crippen molar-refractivity contribution in [3.05, 3.63) is 39.4 Å². The van der Waals surface area contributed by atoms with Crippen LogP contribution in [0, 0.1) is 17.0 Å². The van der Waals surface area contributed by atoms with Crippen LogP contribution in [0.25, 0.3) is 0 Å². The fourth-order valence-corrected chi connectivity index (χ4v) is 1.82. The lowest BCUT2D eigenvalue weighted by Crippen LogP contribution is -2.23. The number of nitro groups is 1. The summed E-state index contributed by atoms with van der Waals surface area (Å²) in [6.07, 6.45) is -0.142. The Bertz CT molecular complexity index is 466. The van der Waals surface area contributed by atoms with Crippen LogP contribution in [0.4, 0.5) is 5.69 Å². The molecule has 5 heteroatoms. The number of benzene rings is 1. The molecule has 0 saturated carbocycles. The van der Waals surface area contributed by atoms with Gasteiger partial charge in [0.15, 0.2) is 0 Å². The van der Waals surface area contributed by atoms with Crippen molar-refractivity contribution in [2.75, 3.05) is 0 Å². The van der Waals surface area contributed by atoms with Gasteiger partial charge in [-0.05, 0) is 13.0 Å². The highest BCUT2D eigenvalue weighted by atomic mass is 16.6. The van der Waals surface area contributed by atoms with Gasteiger partial charge in [0.2, 0.25) is 0 Å². The standard InChI is InChI=1S/C12H15NO4/c1-8-4-5-10(13(16)17)9(6-8)12(2,3)7-11(14)15/h4-6H,7H2,1-3H3,(H,14,15). The molecule has 5 nitrogen and oxygen atoms in total. The maximum Gasteiger partial charge on any atom is 0.304 e. The number of nitrogens with zero attached hydrogens (tertiary/aromatic N) is 1. The summed E-state index contributed by atoms with van der Waals surface area (Å²) in [4.78, 5) is 21.2. The van der Waals surface area contributed by atoms with Crippen molar-refractivity contribution in [2.24, 2.45) is 0 Å². The second-order valence-electron chi connectivity index (χ2n) is 4.73. The first kappa shape index (κ1) is 13.2. The smallest absolute Gasteiger partial charge is 0.304 e. The van der Waals surface area contributed by atoms with Crippen LogP contribution in [0.2, 0.25) is 0 Å². The Morgan fingerprint density at radius 3 is 2.53 bits per heavy atom. The molecule has 17 heavy (non-hydrogen) atoms. The van der Waals surface area contributed by atoms with Gasteiger partial charge in [-0.15, -0.1) is 0 Å². The first-order valence-electron chi connectivity index (χ1n) is 5.21. The molecule has 1 rings (SSSR count). The number of hydrogen-bond acceptors (Lipinski definition) is 3. The minimum atomic E-state index is -0.967. The van der Waals surface area contributed by atoms with Gasteiger partial charge in [-0.3, -0.25) is 14.9 Å². The summed E-state index contributed by atoms with van der Waals surface area (Å²) in [5.74, 6) is -0.967. The average Bonchev–Trinajstić information content (AvgIpc) is 2.14. The Hall–Kier alpha value is -1.91. The van der Waals surface area contributed by atoms with Crippen molar-refractivity contribution in [1.82, 2.24) is 0 Å². The third-order valence-electron chi connectivity index (χ3n) is 2.67. The molecule has 1 N–H and O–H groups in total. The predicted octanol–water partition coefficient (Wildman–Crippen LogP) is 2.66. The Balaban J connectivity index is 3.32. The van der Waals surface area contributed by atoms with Crippen LogP contribution in [-0.4, -0.2) is 16.0 Å². The highest BCUT2D eigenvalue weighted by molar-refractivity contribution is 5.69. The summed E-state index contributed by atoms with van der Waals surface area (Å²) in [6, 6.07) is 4.76. The van der Waals surface area contributed by atoms with Crippen molar-refractivity contribution < 1.29 is 14.8 Å². The molecule has 1 aromatic rings. The fraction of sp³-hybridized carbons (Fsp3) is 0.417. The zero-order chi connectivity index (χ0) is 13.2. The lowest BCUT2D eigenvalue weighted by molar-refractivity contribution is -0.386. The van der Waals surface area contributed by atoms with E-state index in [1.54, 1.807) is 26.0 Å². The van der Waals surface area contributed by atoms with Gasteiger partial charge in [-0.2, -0.15) is 0 Å². The molecule has 0 aromatic heterocycles. The molecule has 0 unspecified atom stereocenters. The molecule has 0 aliphatic heterocycles. The van der Waals surface area contributed by atoms with Crippen LogP contribution < -0.4 is 0 Å². The van der Waals surface area contributed by atoms with Crippen LogP contribution in [0.5, 0.6) is 0 Å². The highest BCUT2D eigenvalue weighted by Crippen LogP contribution is 2.34. The Morgan fingerprint density at radius 2 is 2.06 bits per heavy atom. The van der Waals surface area contributed by atoms with E-state index in [0.717, 1.165) is 5.56 Å². The van der Waals surface area contributed by atoms with Crippen LogP contribution in [0.1, 0.15) is 31.4 Å². The molecule has 0 saturated heterocycles. The first-order chi connectivity index (χ1) is 7.74. The van der Waals surface area contributed by atoms with E-state index in [-0.39, 0.29) is 12.1 Å². The van der Waals surface area contributed by atoms with E-state index in [4.69, 9.17) is 5.11 Å². The average molecular weight is 237 g/mol. The predicted molar refractivity (Wildman–Crippen MR) is 63.1 cm³/mol. The monoisotopic (exact) mass is 237 g/mol. The van der Waals surface area contributed by atoms with E-state index in [2.05, 4.69) is 0 Å². The minimum Gasteiger partial charge on any atom is -0.481 e. The lowest BCUT2D eigenvalue weighted by atomic mass is 9.80. The summed E-state index contributed by atoms with van der Waals surface area (Å²) in [6.45, 7) is 5.22. The van der Waals surface area contributed by atoms with E-state index in [1.165, 1.54) is 6.07 Å². The molecule has 0 atom stereocenters. The van der Waals surface area contributed by atoms with Gasteiger partial charge < -0.3 is 5.11 Å². The summed E-state index contributed by atoms with van der Waals surface area (Å²) < 4.78 is 0. The summed E-state index contributed by atoms with van der Waals surface area (Å²) >= 11 is 0. The molecule has 0 heterocycles. The van der Waals surface area contributed by atoms with Crippen molar-refractivity contribution in [3.8, 4) is 0 Å². The van der Waals surface area contributed by atoms with Gasteiger partial charge in [0.1, 0.15) is 0 Å². The number of rotatable bonds is 4. The summed E-state index contributed by atoms with van der Waals surface area (Å²) in [5, 5.41) is 19.8. The number of carboxylic acid groups (broad SMARTS) is 1. The molecule has 0 radical (unpaired) electrons. The molecule has 1 aromatic carbocycles. The van der Waals surface area contributed by atoms with Gasteiger partial charge in [0.05, 0.1) is 11.3 Å². The van der Waals surface area contributed by atoms with Crippen molar-refractivity contribution in [1.29, 1.82) is 0 Å². The van der Waals surface area contributed by atoms with E-state index < -0.39 is 16.3 Å². The van der Waals surface area contributed by atoms with Crippen LogP contribution >= 0.6 is 0 Å². The Kier molecular flexibility index (Phi) is 3.50. The minimum absolute atomic E-state index is 0.0261. The number of aliphatic carboxylic acids is 1. The zero-order valence-electron chi connectivity index (χ0n) is 10.1. The number of carboxylic acids is 1. The largest absolute Gasteiger partial charge is 0.481 e. The quantitative estimate of drug-likeness (QED) is 0.644. The summed E-state index contributed by atoms with van der Waals surface area (Å²) in [5.41, 5.74) is 0.552. The topological polar surface area (TPSA) is 80.4 Å². The van der Waals surface area contributed by atoms with E-state index in [9.17, 15) is 14.9 Å². The Morgan fingerprint density at radius 1 is 1.47 bits per heavy atom. The van der Waals surface area contributed by atoms with Crippen molar-refractivity contribution in [3.63, 3.8) is 0 Å². The van der Waals surface area contributed by atoms with Crippen LogP contribution in [0.15, 0.2) is 18.2 Å². The van der Waals surface area contributed by atoms with Gasteiger partial charge in [0, 0.05) is 17.0 Å². The molecular formula is C12H15NO4. The van der Waals surface area contributed by atoms with Crippen molar-refractivity contribution in [2.45, 2.75) is 32.6 Å². The number of aryl methyl sites for hydroxylation is 1. The van der Waals surface area contributed by atoms with Crippen molar-refractivity contribution >= 4 is 11.7 Å². The second kappa shape index (κ2) is 4.53. The highest BCUT2D eigenvalue weighted by Gasteiger charge is 2.31. The summed E-state index contributed by atoms with van der Waals surface area (Å²) in [7, 11) is 0. The normalized spacial score (nSPS) is 11.2. The number of nitro benzene ring substituents is 1. The maximum absolute atomic E-state index is 10.9. The van der Waals surface area contributed by atoms with Crippen LogP contribution in [0.3, 0.4) is 0 Å². The molecule has 0 bridgehead atoms. The lowest BCUT2D eigenvalue weighted by Gasteiger charge is -2.23. The molecule has 0 spiro atoms. The van der Waals surface area contributed by atoms with E-state index in [0.29, 0.717) is 5.56 Å². The third-order valence-corrected chi connectivity index (χ3v) is 2.67. The SMILES string of the molecule is Cc1ccc([N+](=O)[O-])c(C(C)(C)CC(=O)O)c1. The van der Waals surface area contributed by atoms with Crippen LogP contribution in [-0.2, 0) is 10.2 Å². The molecule has 0 aliphatic carbocycles. The van der Waals surface area contributed by atoms with Gasteiger partial charge in [0.25, 0.3) is 5.69 Å². The van der Waals surface area contributed by atoms with Gasteiger partial charge >= 0.3 is 5.97 Å². The molecule has 92 valence electrons. The zero-order valence-corrected chi connectivity index (χ0v) is 10.1. The fourth-order valence-electron chi connectivity index (χ4n) is 1.82. The Labute approximate surface area is 99.2 Å². The number of carbonyl (C=O) groups is 1. The second-order valence-corrected chi connectivity index (χ2v) is 4.73. The number of hydrogen-bond donors (Lipinski definition) is 1. The maximum atomic E-state index is 10.9. The van der Waals surface area contributed by atoms with Gasteiger partial charge in [-0.25, -0.2) is 0 Å². The molecule has 0 aliphatic rings. The van der Waals surface area contributed by atoms with E-state index >= 15 is 0 Å².